The van der Waals surface area contributed by atoms with Crippen LogP contribution in [0.4, 0.5) is 10.5 Å². The van der Waals surface area contributed by atoms with Crippen molar-refractivity contribution in [3.05, 3.63) is 35.7 Å². The molecule has 2 heterocycles. The number of H-pyrrole nitrogens is 1. The number of carbonyl (C=O) groups is 1. The topological polar surface area (TPSA) is 88.3 Å². The van der Waals surface area contributed by atoms with Crippen LogP contribution in [0.1, 0.15) is 18.3 Å². The summed E-state index contributed by atoms with van der Waals surface area (Å²) in [6.45, 7) is 4.95. The SMILES string of the molecule is Cc1cc(CC(C)NC(=O)Nc2ccc3c(c2)OCCO3)n[nH]1. The van der Waals surface area contributed by atoms with Crippen molar-refractivity contribution < 1.29 is 14.3 Å². The number of anilines is 1. The second-order valence-electron chi connectivity index (χ2n) is 5.60. The number of hydrogen-bond acceptors (Lipinski definition) is 4. The number of benzene rings is 1. The number of urea groups is 1. The highest BCUT2D eigenvalue weighted by Crippen LogP contribution is 2.32. The number of ether oxygens (including phenoxy) is 2. The Morgan fingerprint density at radius 1 is 1.30 bits per heavy atom. The number of fused-ring (bicyclic) bond motifs is 1. The summed E-state index contributed by atoms with van der Waals surface area (Å²) in [7, 11) is 0. The van der Waals surface area contributed by atoms with E-state index in [-0.39, 0.29) is 12.1 Å². The predicted octanol–water partition coefficient (Wildman–Crippen LogP) is 2.24. The average molecular weight is 316 g/mol. The van der Waals surface area contributed by atoms with Gasteiger partial charge in [0.25, 0.3) is 0 Å². The fourth-order valence-corrected chi connectivity index (χ4v) is 2.46. The van der Waals surface area contributed by atoms with E-state index in [1.54, 1.807) is 18.2 Å². The van der Waals surface area contributed by atoms with E-state index < -0.39 is 0 Å². The van der Waals surface area contributed by atoms with E-state index in [0.717, 1.165) is 11.4 Å². The summed E-state index contributed by atoms with van der Waals surface area (Å²) in [6.07, 6.45) is 0.666. The molecule has 0 spiro atoms. The summed E-state index contributed by atoms with van der Waals surface area (Å²) < 4.78 is 11.0. The zero-order valence-electron chi connectivity index (χ0n) is 13.2. The Hall–Kier alpha value is -2.70. The number of nitrogens with one attached hydrogen (secondary N) is 3. The van der Waals surface area contributed by atoms with Crippen LogP contribution in [0, 0.1) is 6.92 Å². The number of hydrogen-bond donors (Lipinski definition) is 3. The number of aromatic nitrogens is 2. The molecule has 0 saturated heterocycles. The highest BCUT2D eigenvalue weighted by Gasteiger charge is 2.14. The summed E-state index contributed by atoms with van der Waals surface area (Å²) >= 11 is 0. The number of nitrogens with zero attached hydrogens (tertiary/aromatic N) is 1. The Balaban J connectivity index is 1.54. The van der Waals surface area contributed by atoms with Gasteiger partial charge in [-0.25, -0.2) is 4.79 Å². The molecular formula is C16H20N4O3. The number of rotatable bonds is 4. The predicted molar refractivity (Wildman–Crippen MR) is 86.1 cm³/mol. The molecule has 0 fully saturated rings. The molecule has 122 valence electrons. The highest BCUT2D eigenvalue weighted by atomic mass is 16.6. The lowest BCUT2D eigenvalue weighted by Crippen LogP contribution is -2.37. The Morgan fingerprint density at radius 3 is 2.83 bits per heavy atom. The lowest BCUT2D eigenvalue weighted by atomic mass is 10.2. The van der Waals surface area contributed by atoms with Crippen molar-refractivity contribution in [3.63, 3.8) is 0 Å². The van der Waals surface area contributed by atoms with Gasteiger partial charge >= 0.3 is 6.03 Å². The van der Waals surface area contributed by atoms with Crippen LogP contribution < -0.4 is 20.1 Å². The first-order valence-corrected chi connectivity index (χ1v) is 7.58. The monoisotopic (exact) mass is 316 g/mol. The Kier molecular flexibility index (Phi) is 4.36. The van der Waals surface area contributed by atoms with Crippen LogP contribution >= 0.6 is 0 Å². The third-order valence-electron chi connectivity index (χ3n) is 3.45. The van der Waals surface area contributed by atoms with Crippen molar-refractivity contribution >= 4 is 11.7 Å². The summed E-state index contributed by atoms with van der Waals surface area (Å²) in [4.78, 5) is 12.1. The van der Waals surface area contributed by atoms with Gasteiger partial charge in [0.1, 0.15) is 13.2 Å². The zero-order valence-corrected chi connectivity index (χ0v) is 13.2. The van der Waals surface area contributed by atoms with Gasteiger partial charge in [-0.1, -0.05) is 0 Å². The van der Waals surface area contributed by atoms with Crippen LogP contribution in [0.2, 0.25) is 0 Å². The van der Waals surface area contributed by atoms with Crippen LogP contribution in [0.15, 0.2) is 24.3 Å². The molecule has 0 radical (unpaired) electrons. The number of aromatic amines is 1. The highest BCUT2D eigenvalue weighted by molar-refractivity contribution is 5.89. The van der Waals surface area contributed by atoms with Crippen molar-refractivity contribution in [2.75, 3.05) is 18.5 Å². The van der Waals surface area contributed by atoms with E-state index in [1.807, 2.05) is 19.9 Å². The van der Waals surface area contributed by atoms with Crippen molar-refractivity contribution in [3.8, 4) is 11.5 Å². The summed E-state index contributed by atoms with van der Waals surface area (Å²) in [6, 6.07) is 7.01. The molecule has 2 amide bonds. The molecule has 1 unspecified atom stereocenters. The zero-order chi connectivity index (χ0) is 16.2. The maximum atomic E-state index is 12.1. The standard InChI is InChI=1S/C16H20N4O3/c1-10(7-13-8-11(2)19-20-13)17-16(21)18-12-3-4-14-15(9-12)23-6-5-22-14/h3-4,8-10H,5-7H2,1-2H3,(H,19,20)(H2,17,18,21). The summed E-state index contributed by atoms with van der Waals surface area (Å²) in [5.74, 6) is 1.35. The van der Waals surface area contributed by atoms with Gasteiger partial charge in [-0.3, -0.25) is 5.10 Å². The molecule has 0 aliphatic carbocycles. The van der Waals surface area contributed by atoms with E-state index in [0.29, 0.717) is 36.8 Å². The molecule has 0 saturated carbocycles. The van der Waals surface area contributed by atoms with Crippen molar-refractivity contribution in [2.45, 2.75) is 26.3 Å². The van der Waals surface area contributed by atoms with Gasteiger partial charge < -0.3 is 20.1 Å². The van der Waals surface area contributed by atoms with Gasteiger partial charge in [-0.15, -0.1) is 0 Å². The minimum absolute atomic E-state index is 0.0325. The van der Waals surface area contributed by atoms with Gasteiger partial charge in [-0.2, -0.15) is 5.10 Å². The molecule has 0 bridgehead atoms. The van der Waals surface area contributed by atoms with Crippen LogP contribution in [0.25, 0.3) is 0 Å². The van der Waals surface area contributed by atoms with Crippen LogP contribution in [0.5, 0.6) is 11.5 Å². The smallest absolute Gasteiger partial charge is 0.319 e. The summed E-state index contributed by atoms with van der Waals surface area (Å²) in [5.41, 5.74) is 2.59. The lowest BCUT2D eigenvalue weighted by molar-refractivity contribution is 0.171. The molecule has 3 rings (SSSR count). The number of aryl methyl sites for hydroxylation is 1. The first-order valence-electron chi connectivity index (χ1n) is 7.58. The molecule has 1 aromatic carbocycles. The van der Waals surface area contributed by atoms with E-state index in [1.165, 1.54) is 0 Å². The minimum Gasteiger partial charge on any atom is -0.486 e. The fraction of sp³-hybridized carbons (Fsp3) is 0.375. The molecule has 2 aromatic rings. The molecule has 1 aliphatic rings. The van der Waals surface area contributed by atoms with E-state index >= 15 is 0 Å². The molecule has 3 N–H and O–H groups in total. The molecule has 7 nitrogen and oxygen atoms in total. The molecule has 23 heavy (non-hydrogen) atoms. The normalized spacial score (nSPS) is 14.2. The molecule has 1 aromatic heterocycles. The van der Waals surface area contributed by atoms with E-state index in [9.17, 15) is 4.79 Å². The van der Waals surface area contributed by atoms with Crippen LogP contribution in [-0.4, -0.2) is 35.5 Å². The fourth-order valence-electron chi connectivity index (χ4n) is 2.46. The van der Waals surface area contributed by atoms with E-state index in [2.05, 4.69) is 20.8 Å². The maximum Gasteiger partial charge on any atom is 0.319 e. The Morgan fingerprint density at radius 2 is 2.09 bits per heavy atom. The molecule has 1 aliphatic heterocycles. The second-order valence-corrected chi connectivity index (χ2v) is 5.60. The van der Waals surface area contributed by atoms with Gasteiger partial charge in [0.2, 0.25) is 0 Å². The van der Waals surface area contributed by atoms with Crippen molar-refractivity contribution in [1.82, 2.24) is 15.5 Å². The third kappa shape index (κ3) is 3.94. The number of amides is 2. The van der Waals surface area contributed by atoms with E-state index in [4.69, 9.17) is 9.47 Å². The third-order valence-corrected chi connectivity index (χ3v) is 3.45. The molecular weight excluding hydrogens is 296 g/mol. The van der Waals surface area contributed by atoms with Gasteiger partial charge in [0, 0.05) is 29.9 Å². The van der Waals surface area contributed by atoms with Gasteiger partial charge in [-0.05, 0) is 32.0 Å². The maximum absolute atomic E-state index is 12.1. The Bertz CT molecular complexity index is 698. The van der Waals surface area contributed by atoms with Crippen molar-refractivity contribution in [1.29, 1.82) is 0 Å². The largest absolute Gasteiger partial charge is 0.486 e. The molecule has 7 heteroatoms. The average Bonchev–Trinajstić information content (AvgIpc) is 2.91. The second kappa shape index (κ2) is 6.60. The number of carbonyl (C=O) groups excluding carboxylic acids is 1. The summed E-state index contributed by atoms with van der Waals surface area (Å²) in [5, 5.41) is 12.8. The lowest BCUT2D eigenvalue weighted by Gasteiger charge is -2.19. The van der Waals surface area contributed by atoms with Crippen LogP contribution in [0.3, 0.4) is 0 Å². The first kappa shape index (κ1) is 15.2. The first-order chi connectivity index (χ1) is 11.1. The van der Waals surface area contributed by atoms with Gasteiger partial charge in [0.15, 0.2) is 11.5 Å². The Labute approximate surface area is 134 Å². The molecule has 1 atom stereocenters. The van der Waals surface area contributed by atoms with Crippen LogP contribution in [-0.2, 0) is 6.42 Å². The minimum atomic E-state index is -0.263. The quantitative estimate of drug-likeness (QED) is 0.807. The van der Waals surface area contributed by atoms with Crippen molar-refractivity contribution in [2.24, 2.45) is 0 Å². The van der Waals surface area contributed by atoms with Gasteiger partial charge in [0.05, 0.1) is 5.69 Å².